The number of carboxylic acid groups (broad SMARTS) is 1. The minimum absolute atomic E-state index is 0.107. The van der Waals surface area contributed by atoms with E-state index in [-0.39, 0.29) is 76.4 Å². The Bertz CT molecular complexity index is 3640. The molecular weight excluding hydrogens is 1150 g/mol. The van der Waals surface area contributed by atoms with Crippen molar-refractivity contribution in [3.05, 3.63) is 240 Å². The summed E-state index contributed by atoms with van der Waals surface area (Å²) in [5.74, 6) is -2.86. The maximum absolute atomic E-state index is 13.1. The number of hydrogen-bond acceptors (Lipinski definition) is 20. The molecule has 0 aliphatic heterocycles. The summed E-state index contributed by atoms with van der Waals surface area (Å²) in [4.78, 5) is 107. The molecule has 458 valence electrons. The first-order chi connectivity index (χ1) is 42.9. The summed E-state index contributed by atoms with van der Waals surface area (Å²) in [6.45, 7) is 14.9. The molecular formula is C68H60O21. The number of hydrogen-bond donors (Lipinski definition) is 1. The Hall–Kier alpha value is -11.6. The van der Waals surface area contributed by atoms with Crippen LogP contribution in [0.25, 0.3) is 0 Å². The van der Waals surface area contributed by atoms with E-state index in [9.17, 15) is 43.2 Å². The average molecular weight is 1210 g/mol. The predicted molar refractivity (Wildman–Crippen MR) is 320 cm³/mol. The maximum atomic E-state index is 13.1. The zero-order chi connectivity index (χ0) is 64.1. The van der Waals surface area contributed by atoms with Crippen LogP contribution in [0.4, 0.5) is 0 Å². The van der Waals surface area contributed by atoms with Crippen LogP contribution in [-0.2, 0) is 28.6 Å². The highest BCUT2D eigenvalue weighted by molar-refractivity contribution is 5.95. The van der Waals surface area contributed by atoms with Crippen molar-refractivity contribution in [1.82, 2.24) is 0 Å². The molecule has 0 radical (unpaired) electrons. The summed E-state index contributed by atoms with van der Waals surface area (Å²) in [6, 6.07) is 39.5. The molecule has 0 heterocycles. The lowest BCUT2D eigenvalue weighted by molar-refractivity contribution is -0.138. The van der Waals surface area contributed by atoms with E-state index in [1.165, 1.54) is 78.9 Å². The molecule has 0 atom stereocenters. The van der Waals surface area contributed by atoms with Crippen LogP contribution in [0.3, 0.4) is 0 Å². The molecule has 0 aliphatic carbocycles. The lowest BCUT2D eigenvalue weighted by atomic mass is 10.1. The van der Waals surface area contributed by atoms with Gasteiger partial charge in [0.1, 0.15) is 46.0 Å². The van der Waals surface area contributed by atoms with Gasteiger partial charge >= 0.3 is 53.7 Å². The van der Waals surface area contributed by atoms with Crippen LogP contribution in [0.5, 0.6) is 46.0 Å². The monoisotopic (exact) mass is 1210 g/mol. The van der Waals surface area contributed by atoms with Gasteiger partial charge in [-0.2, -0.15) is 0 Å². The van der Waals surface area contributed by atoms with Crippen LogP contribution in [0.2, 0.25) is 0 Å². The molecule has 1 N–H and O–H groups in total. The third kappa shape index (κ3) is 22.1. The molecule has 0 saturated heterocycles. The van der Waals surface area contributed by atoms with Crippen LogP contribution in [0, 0.1) is 13.8 Å². The third-order valence-corrected chi connectivity index (χ3v) is 12.0. The number of rotatable bonds is 29. The van der Waals surface area contributed by atoms with E-state index in [0.29, 0.717) is 73.0 Å². The van der Waals surface area contributed by atoms with E-state index in [2.05, 4.69) is 19.7 Å². The van der Waals surface area contributed by atoms with Crippen molar-refractivity contribution in [2.45, 2.75) is 33.1 Å². The van der Waals surface area contributed by atoms with E-state index in [1.54, 1.807) is 92.7 Å². The van der Waals surface area contributed by atoms with Gasteiger partial charge in [0, 0.05) is 37.5 Å². The molecule has 0 unspecified atom stereocenters. The fourth-order valence-electron chi connectivity index (χ4n) is 7.33. The molecule has 89 heavy (non-hydrogen) atoms. The quantitative estimate of drug-likeness (QED) is 0.0150. The maximum Gasteiger partial charge on any atom is 0.343 e. The van der Waals surface area contributed by atoms with Crippen molar-refractivity contribution < 1.29 is 100 Å². The number of aromatic carboxylic acids is 1. The van der Waals surface area contributed by atoms with Gasteiger partial charge in [0.15, 0.2) is 0 Å². The standard InChI is InChI=1S/C48H42O14.C20H18O7/c1-5-43(49)57-27-7-25-55-37-16-9-33(10-17-37)45(51)59-39-20-13-34(14-21-39)46(52)60-40-22-24-42(32(4)30-40)62-48(54)36-15-23-41(31(3)29-36)61-47(53)35-11-18-38(19-12-35)56-26-8-28-58-44(50)6-2;1-2-18(21)26-13-3-12-25-16-8-6-15(7-9-16)20(24)27-17-10-4-14(5-11-17)19(22)23/h5-6,9-24,29-30H,1-2,7-8,25-28H2,3-4H3;2,4-11H,1,3,12-13H2,(H,22,23). The summed E-state index contributed by atoms with van der Waals surface area (Å²) in [6.07, 6.45) is 4.76. The number of esters is 8. The molecule has 0 amide bonds. The first-order valence-corrected chi connectivity index (χ1v) is 27.2. The number of carboxylic acids is 1. The highest BCUT2D eigenvalue weighted by Crippen LogP contribution is 2.28. The van der Waals surface area contributed by atoms with Crippen LogP contribution < -0.4 is 37.9 Å². The van der Waals surface area contributed by atoms with Gasteiger partial charge in [-0.25, -0.2) is 43.2 Å². The lowest BCUT2D eigenvalue weighted by Crippen LogP contribution is -2.12. The molecule has 21 heteroatoms. The van der Waals surface area contributed by atoms with Crippen molar-refractivity contribution in [3.63, 3.8) is 0 Å². The Morgan fingerprint density at radius 3 is 0.921 bits per heavy atom. The van der Waals surface area contributed by atoms with Crippen LogP contribution in [0.15, 0.2) is 196 Å². The normalized spacial score (nSPS) is 10.2. The average Bonchev–Trinajstić information content (AvgIpc) is 2.51. The fourth-order valence-corrected chi connectivity index (χ4v) is 7.33. The summed E-state index contributed by atoms with van der Waals surface area (Å²) in [5.41, 5.74) is 2.45. The Labute approximate surface area is 511 Å². The minimum Gasteiger partial charge on any atom is -0.493 e. The first-order valence-electron chi connectivity index (χ1n) is 27.2. The molecule has 0 fully saturated rings. The van der Waals surface area contributed by atoms with E-state index >= 15 is 0 Å². The molecule has 0 aliphatic rings. The van der Waals surface area contributed by atoms with Crippen molar-refractivity contribution in [3.8, 4) is 46.0 Å². The summed E-state index contributed by atoms with van der Waals surface area (Å²) in [7, 11) is 0. The number of benzene rings is 7. The Kier molecular flexibility index (Phi) is 25.7. The highest BCUT2D eigenvalue weighted by Gasteiger charge is 2.18. The van der Waals surface area contributed by atoms with Gasteiger partial charge in [-0.15, -0.1) is 0 Å². The molecule has 7 rings (SSSR count). The predicted octanol–water partition coefficient (Wildman–Crippen LogP) is 11.3. The molecule has 21 nitrogen and oxygen atoms in total. The van der Waals surface area contributed by atoms with Gasteiger partial charge in [0.2, 0.25) is 0 Å². The molecule has 7 aromatic carbocycles. The Morgan fingerprint density at radius 1 is 0.326 bits per heavy atom. The van der Waals surface area contributed by atoms with Crippen LogP contribution >= 0.6 is 0 Å². The molecule has 0 spiro atoms. The zero-order valence-corrected chi connectivity index (χ0v) is 48.3. The van der Waals surface area contributed by atoms with E-state index < -0.39 is 53.7 Å². The molecule has 0 bridgehead atoms. The second-order valence-electron chi connectivity index (χ2n) is 18.5. The number of carbonyl (C=O) groups is 9. The summed E-state index contributed by atoms with van der Waals surface area (Å²) < 4.78 is 58.6. The molecule has 0 aromatic heterocycles. The number of aryl methyl sites for hydroxylation is 2. The van der Waals surface area contributed by atoms with Crippen molar-refractivity contribution in [1.29, 1.82) is 0 Å². The zero-order valence-electron chi connectivity index (χ0n) is 48.3. The molecule has 7 aromatic rings. The van der Waals surface area contributed by atoms with Gasteiger partial charge < -0.3 is 57.2 Å². The van der Waals surface area contributed by atoms with Gasteiger partial charge in [-0.05, 0) is 183 Å². The van der Waals surface area contributed by atoms with Crippen LogP contribution in [0.1, 0.15) is 92.5 Å². The third-order valence-electron chi connectivity index (χ3n) is 12.0. The summed E-state index contributed by atoms with van der Waals surface area (Å²) >= 11 is 0. The van der Waals surface area contributed by atoms with Gasteiger partial charge in [-0.3, -0.25) is 0 Å². The fraction of sp³-hybridized carbons (Fsp3) is 0.162. The van der Waals surface area contributed by atoms with E-state index in [4.69, 9.17) is 57.2 Å². The Morgan fingerprint density at radius 2 is 0.596 bits per heavy atom. The van der Waals surface area contributed by atoms with Crippen LogP contribution in [-0.4, -0.2) is 98.5 Å². The van der Waals surface area contributed by atoms with Crippen molar-refractivity contribution in [2.24, 2.45) is 0 Å². The SMILES string of the molecule is C=CC(=O)OCCCOc1ccc(C(=O)Oc2ccc(C(=O)O)cc2)cc1.C=CC(=O)OCCCOc1ccc(C(=O)Oc2ccc(C(=O)Oc3ccc(OC(=O)c4ccc(OC(=O)c5ccc(OCCCOC(=O)C=C)cc5)c(C)c4)c(C)c3)cc2)cc1. The van der Waals surface area contributed by atoms with Gasteiger partial charge in [-0.1, -0.05) is 19.7 Å². The largest absolute Gasteiger partial charge is 0.493 e. The second-order valence-corrected chi connectivity index (χ2v) is 18.5. The number of carbonyl (C=O) groups excluding carboxylic acids is 8. The van der Waals surface area contributed by atoms with Crippen molar-refractivity contribution >= 4 is 53.7 Å². The topological polar surface area (TPSA) is 275 Å². The van der Waals surface area contributed by atoms with Gasteiger partial charge in [0.05, 0.1) is 73.0 Å². The highest BCUT2D eigenvalue weighted by atomic mass is 16.6. The van der Waals surface area contributed by atoms with E-state index in [1.807, 2.05) is 0 Å². The smallest absolute Gasteiger partial charge is 0.343 e. The second kappa shape index (κ2) is 34.4. The number of ether oxygens (including phenoxy) is 11. The molecule has 0 saturated carbocycles. The minimum atomic E-state index is -1.05. The van der Waals surface area contributed by atoms with Crippen molar-refractivity contribution in [2.75, 3.05) is 39.6 Å². The van der Waals surface area contributed by atoms with Gasteiger partial charge in [0.25, 0.3) is 0 Å². The first kappa shape index (κ1) is 66.5. The summed E-state index contributed by atoms with van der Waals surface area (Å²) in [5, 5.41) is 8.84. The lowest BCUT2D eigenvalue weighted by Gasteiger charge is -2.12. The Balaban J connectivity index is 0.000000389. The van der Waals surface area contributed by atoms with E-state index in [0.717, 1.165) is 18.2 Å².